The summed E-state index contributed by atoms with van der Waals surface area (Å²) in [6.07, 6.45) is 5.27. The van der Waals surface area contributed by atoms with Crippen molar-refractivity contribution in [3.05, 3.63) is 0 Å². The molecule has 1 heterocycles. The van der Waals surface area contributed by atoms with Crippen molar-refractivity contribution in [2.45, 2.75) is 52.0 Å². The van der Waals surface area contributed by atoms with E-state index in [2.05, 4.69) is 19.2 Å². The Kier molecular flexibility index (Phi) is 5.69. The maximum atomic E-state index is 11.5. The molecule has 1 saturated heterocycles. The fourth-order valence-corrected chi connectivity index (χ4v) is 1.94. The van der Waals surface area contributed by atoms with Crippen LogP contribution >= 0.6 is 0 Å². The SMILES string of the molecule is CCCNC(C)CCN1CCCCC1=O. The third-order valence-electron chi connectivity index (χ3n) is 3.00. The first-order valence-electron chi connectivity index (χ1n) is 6.25. The Labute approximate surface area is 93.2 Å². The van der Waals surface area contributed by atoms with Crippen molar-refractivity contribution in [1.82, 2.24) is 10.2 Å². The molecule has 3 nitrogen and oxygen atoms in total. The average Bonchev–Trinajstić information content (AvgIpc) is 2.25. The van der Waals surface area contributed by atoms with E-state index in [1.165, 1.54) is 12.8 Å². The molecule has 1 aliphatic rings. The number of rotatable bonds is 6. The highest BCUT2D eigenvalue weighted by Crippen LogP contribution is 2.11. The van der Waals surface area contributed by atoms with Gasteiger partial charge in [-0.1, -0.05) is 6.92 Å². The molecule has 3 heteroatoms. The minimum absolute atomic E-state index is 0.351. The topological polar surface area (TPSA) is 32.3 Å². The number of hydrogen-bond donors (Lipinski definition) is 1. The molecule has 0 saturated carbocycles. The van der Waals surface area contributed by atoms with Crippen molar-refractivity contribution >= 4 is 5.91 Å². The highest BCUT2D eigenvalue weighted by Gasteiger charge is 2.17. The van der Waals surface area contributed by atoms with Crippen LogP contribution in [0, 0.1) is 0 Å². The highest BCUT2D eigenvalue weighted by atomic mass is 16.2. The van der Waals surface area contributed by atoms with Gasteiger partial charge in [-0.15, -0.1) is 0 Å². The van der Waals surface area contributed by atoms with Crippen molar-refractivity contribution in [3.8, 4) is 0 Å². The average molecular weight is 212 g/mol. The van der Waals surface area contributed by atoms with Gasteiger partial charge in [0.2, 0.25) is 5.91 Å². The first-order chi connectivity index (χ1) is 7.24. The van der Waals surface area contributed by atoms with Gasteiger partial charge in [-0.2, -0.15) is 0 Å². The smallest absolute Gasteiger partial charge is 0.222 e. The molecule has 0 aliphatic carbocycles. The number of piperidine rings is 1. The summed E-state index contributed by atoms with van der Waals surface area (Å²) in [7, 11) is 0. The molecule has 1 fully saturated rings. The van der Waals surface area contributed by atoms with Crippen molar-refractivity contribution in [2.24, 2.45) is 0 Å². The predicted molar refractivity (Wildman–Crippen MR) is 62.8 cm³/mol. The summed E-state index contributed by atoms with van der Waals surface area (Å²) in [5, 5.41) is 3.45. The zero-order valence-corrected chi connectivity index (χ0v) is 10.1. The number of nitrogens with zero attached hydrogens (tertiary/aromatic N) is 1. The van der Waals surface area contributed by atoms with Crippen LogP contribution in [0.3, 0.4) is 0 Å². The number of carbonyl (C=O) groups is 1. The van der Waals surface area contributed by atoms with E-state index in [1.54, 1.807) is 0 Å². The van der Waals surface area contributed by atoms with E-state index < -0.39 is 0 Å². The Morgan fingerprint density at radius 3 is 2.93 bits per heavy atom. The van der Waals surface area contributed by atoms with Gasteiger partial charge in [0, 0.05) is 25.6 Å². The fraction of sp³-hybridized carbons (Fsp3) is 0.917. The Bertz CT molecular complexity index is 194. The van der Waals surface area contributed by atoms with Gasteiger partial charge in [0.05, 0.1) is 0 Å². The standard InChI is InChI=1S/C12H24N2O/c1-3-8-13-11(2)7-10-14-9-5-4-6-12(14)15/h11,13H,3-10H2,1-2H3. The van der Waals surface area contributed by atoms with Gasteiger partial charge in [-0.05, 0) is 39.2 Å². The molecule has 1 amide bonds. The molecular formula is C12H24N2O. The maximum absolute atomic E-state index is 11.5. The highest BCUT2D eigenvalue weighted by molar-refractivity contribution is 5.76. The molecular weight excluding hydrogens is 188 g/mol. The van der Waals surface area contributed by atoms with Gasteiger partial charge in [0.25, 0.3) is 0 Å². The molecule has 88 valence electrons. The van der Waals surface area contributed by atoms with E-state index in [9.17, 15) is 4.79 Å². The van der Waals surface area contributed by atoms with E-state index in [1.807, 2.05) is 4.90 Å². The van der Waals surface area contributed by atoms with Crippen molar-refractivity contribution in [3.63, 3.8) is 0 Å². The maximum Gasteiger partial charge on any atom is 0.222 e. The number of nitrogens with one attached hydrogen (secondary N) is 1. The summed E-state index contributed by atoms with van der Waals surface area (Å²) in [5.74, 6) is 0.351. The van der Waals surface area contributed by atoms with Crippen molar-refractivity contribution in [2.75, 3.05) is 19.6 Å². The van der Waals surface area contributed by atoms with Crippen molar-refractivity contribution in [1.29, 1.82) is 0 Å². The van der Waals surface area contributed by atoms with E-state index in [0.29, 0.717) is 11.9 Å². The Balaban J connectivity index is 2.14. The van der Waals surface area contributed by atoms with Crippen LogP contribution in [-0.4, -0.2) is 36.5 Å². The largest absolute Gasteiger partial charge is 0.343 e. The third-order valence-corrected chi connectivity index (χ3v) is 3.00. The molecule has 1 aliphatic heterocycles. The van der Waals surface area contributed by atoms with Gasteiger partial charge in [-0.3, -0.25) is 4.79 Å². The predicted octanol–water partition coefficient (Wildman–Crippen LogP) is 1.78. The molecule has 0 radical (unpaired) electrons. The van der Waals surface area contributed by atoms with Crippen LogP contribution in [0.4, 0.5) is 0 Å². The molecule has 1 unspecified atom stereocenters. The number of amides is 1. The van der Waals surface area contributed by atoms with Crippen LogP contribution < -0.4 is 5.32 Å². The zero-order valence-electron chi connectivity index (χ0n) is 10.1. The Hall–Kier alpha value is -0.570. The number of hydrogen-bond acceptors (Lipinski definition) is 2. The first-order valence-corrected chi connectivity index (χ1v) is 6.25. The quantitative estimate of drug-likeness (QED) is 0.728. The Morgan fingerprint density at radius 1 is 1.47 bits per heavy atom. The second kappa shape index (κ2) is 6.83. The molecule has 0 aromatic heterocycles. The lowest BCUT2D eigenvalue weighted by molar-refractivity contribution is -0.133. The van der Waals surface area contributed by atoms with Gasteiger partial charge in [0.1, 0.15) is 0 Å². The van der Waals surface area contributed by atoms with E-state index in [-0.39, 0.29) is 0 Å². The minimum Gasteiger partial charge on any atom is -0.343 e. The summed E-state index contributed by atoms with van der Waals surface area (Å²) in [6, 6.07) is 0.527. The lowest BCUT2D eigenvalue weighted by Crippen LogP contribution is -2.39. The minimum atomic E-state index is 0.351. The lowest BCUT2D eigenvalue weighted by Gasteiger charge is -2.28. The molecule has 1 N–H and O–H groups in total. The fourth-order valence-electron chi connectivity index (χ4n) is 1.94. The molecule has 0 aromatic rings. The molecule has 15 heavy (non-hydrogen) atoms. The van der Waals surface area contributed by atoms with E-state index >= 15 is 0 Å². The lowest BCUT2D eigenvalue weighted by atomic mass is 10.1. The molecule has 1 atom stereocenters. The number of carbonyl (C=O) groups excluding carboxylic acids is 1. The van der Waals surface area contributed by atoms with Crippen LogP contribution in [0.1, 0.15) is 46.0 Å². The van der Waals surface area contributed by atoms with E-state index in [4.69, 9.17) is 0 Å². The van der Waals surface area contributed by atoms with Gasteiger partial charge in [0.15, 0.2) is 0 Å². The zero-order chi connectivity index (χ0) is 11.1. The number of likely N-dealkylation sites (tertiary alicyclic amines) is 1. The molecule has 0 spiro atoms. The third kappa shape index (κ3) is 4.65. The first kappa shape index (κ1) is 12.5. The van der Waals surface area contributed by atoms with Crippen LogP contribution in [0.2, 0.25) is 0 Å². The van der Waals surface area contributed by atoms with Crippen molar-refractivity contribution < 1.29 is 4.79 Å². The van der Waals surface area contributed by atoms with Crippen LogP contribution in [0.5, 0.6) is 0 Å². The van der Waals surface area contributed by atoms with Gasteiger partial charge < -0.3 is 10.2 Å². The summed E-state index contributed by atoms with van der Waals surface area (Å²) in [6.45, 7) is 7.35. The van der Waals surface area contributed by atoms with Crippen LogP contribution in [0.25, 0.3) is 0 Å². The van der Waals surface area contributed by atoms with Gasteiger partial charge in [-0.25, -0.2) is 0 Å². The van der Waals surface area contributed by atoms with Gasteiger partial charge >= 0.3 is 0 Å². The summed E-state index contributed by atoms with van der Waals surface area (Å²) < 4.78 is 0. The molecule has 0 aromatic carbocycles. The summed E-state index contributed by atoms with van der Waals surface area (Å²) >= 11 is 0. The van der Waals surface area contributed by atoms with Crippen LogP contribution in [-0.2, 0) is 4.79 Å². The molecule has 0 bridgehead atoms. The summed E-state index contributed by atoms with van der Waals surface area (Å²) in [5.41, 5.74) is 0. The van der Waals surface area contributed by atoms with E-state index in [0.717, 1.165) is 38.9 Å². The normalized spacial score (nSPS) is 19.3. The summed E-state index contributed by atoms with van der Waals surface area (Å²) in [4.78, 5) is 13.5. The molecule has 1 rings (SSSR count). The van der Waals surface area contributed by atoms with Crippen LogP contribution in [0.15, 0.2) is 0 Å². The second-order valence-electron chi connectivity index (χ2n) is 4.48. The Morgan fingerprint density at radius 2 is 2.27 bits per heavy atom. The second-order valence-corrected chi connectivity index (χ2v) is 4.48. The monoisotopic (exact) mass is 212 g/mol.